The van der Waals surface area contributed by atoms with Gasteiger partial charge in [0.15, 0.2) is 5.16 Å². The van der Waals surface area contributed by atoms with E-state index in [-0.39, 0.29) is 17.7 Å². The van der Waals surface area contributed by atoms with Crippen LogP contribution in [0.25, 0.3) is 0 Å². The summed E-state index contributed by atoms with van der Waals surface area (Å²) in [5.74, 6) is 0.668. The third kappa shape index (κ3) is 4.35. The fourth-order valence-electron chi connectivity index (χ4n) is 2.02. The predicted octanol–water partition coefficient (Wildman–Crippen LogP) is 3.96. The van der Waals surface area contributed by atoms with Crippen molar-refractivity contribution < 1.29 is 4.74 Å². The van der Waals surface area contributed by atoms with Gasteiger partial charge in [-0.15, -0.1) is 0 Å². The number of benzene rings is 1. The Morgan fingerprint density at radius 2 is 1.95 bits per heavy atom. The van der Waals surface area contributed by atoms with Gasteiger partial charge in [0, 0.05) is 36.2 Å². The first-order chi connectivity index (χ1) is 10.5. The molecule has 1 aromatic heterocycles. The molecule has 6 heteroatoms. The van der Waals surface area contributed by atoms with E-state index in [0.29, 0.717) is 15.9 Å². The van der Waals surface area contributed by atoms with Crippen molar-refractivity contribution in [2.75, 3.05) is 12.9 Å². The van der Waals surface area contributed by atoms with Crippen molar-refractivity contribution in [2.45, 2.75) is 31.1 Å². The minimum atomic E-state index is -0.222. The average Bonchev–Trinajstić information content (AvgIpc) is 2.49. The summed E-state index contributed by atoms with van der Waals surface area (Å²) in [6, 6.07) is 9.32. The van der Waals surface area contributed by atoms with E-state index in [0.717, 1.165) is 5.56 Å². The fourth-order valence-corrected chi connectivity index (χ4v) is 3.36. The van der Waals surface area contributed by atoms with Gasteiger partial charge < -0.3 is 9.30 Å². The summed E-state index contributed by atoms with van der Waals surface area (Å²) >= 11 is 7.43. The van der Waals surface area contributed by atoms with Gasteiger partial charge in [-0.25, -0.2) is 0 Å². The highest BCUT2D eigenvalue weighted by Gasteiger charge is 2.14. The van der Waals surface area contributed by atoms with E-state index in [4.69, 9.17) is 16.3 Å². The minimum Gasteiger partial charge on any atom is -0.376 e. The van der Waals surface area contributed by atoms with E-state index in [9.17, 15) is 4.79 Å². The highest BCUT2D eigenvalue weighted by Crippen LogP contribution is 2.27. The number of halogens is 1. The van der Waals surface area contributed by atoms with Crippen LogP contribution in [0.3, 0.4) is 0 Å². The van der Waals surface area contributed by atoms with Crippen molar-refractivity contribution in [3.8, 4) is 0 Å². The van der Waals surface area contributed by atoms with Crippen LogP contribution in [0.15, 0.2) is 46.5 Å². The van der Waals surface area contributed by atoms with Gasteiger partial charge in [0.05, 0.1) is 6.10 Å². The van der Waals surface area contributed by atoms with E-state index in [1.807, 2.05) is 28.8 Å². The molecule has 1 atom stereocenters. The Morgan fingerprint density at radius 1 is 1.27 bits per heavy atom. The number of rotatable bonds is 6. The number of hydrogen-bond acceptors (Lipinski definition) is 4. The van der Waals surface area contributed by atoms with Crippen molar-refractivity contribution in [3.63, 3.8) is 0 Å². The van der Waals surface area contributed by atoms with Crippen LogP contribution in [-0.4, -0.2) is 22.4 Å². The quantitative estimate of drug-likeness (QED) is 0.590. The lowest BCUT2D eigenvalue weighted by molar-refractivity contribution is 0.123. The summed E-state index contributed by atoms with van der Waals surface area (Å²) in [5.41, 5.74) is 0.827. The van der Waals surface area contributed by atoms with Gasteiger partial charge in [0.2, 0.25) is 0 Å². The summed E-state index contributed by atoms with van der Waals surface area (Å²) in [4.78, 5) is 15.6. The molecule has 1 aromatic carbocycles. The van der Waals surface area contributed by atoms with Crippen molar-refractivity contribution in [2.24, 2.45) is 0 Å². The first-order valence-electron chi connectivity index (χ1n) is 7.01. The van der Waals surface area contributed by atoms with E-state index in [2.05, 4.69) is 18.8 Å². The Hall–Kier alpha value is -1.30. The lowest BCUT2D eigenvalue weighted by Gasteiger charge is -2.18. The van der Waals surface area contributed by atoms with Gasteiger partial charge in [0.1, 0.15) is 0 Å². The SMILES string of the molecule is CO[C@@H](CSc1nc(=O)ccn1C(C)C)c1ccc(Cl)cc1. The van der Waals surface area contributed by atoms with Crippen molar-refractivity contribution >= 4 is 23.4 Å². The Morgan fingerprint density at radius 3 is 2.55 bits per heavy atom. The Kier molecular flexibility index (Phi) is 6.06. The van der Waals surface area contributed by atoms with Crippen LogP contribution in [0.4, 0.5) is 0 Å². The highest BCUT2D eigenvalue weighted by molar-refractivity contribution is 7.99. The van der Waals surface area contributed by atoms with Gasteiger partial charge in [-0.05, 0) is 31.5 Å². The number of thioether (sulfide) groups is 1. The lowest BCUT2D eigenvalue weighted by atomic mass is 10.1. The fraction of sp³-hybridized carbons (Fsp3) is 0.375. The van der Waals surface area contributed by atoms with E-state index in [1.165, 1.54) is 17.8 Å². The first-order valence-corrected chi connectivity index (χ1v) is 8.38. The summed E-state index contributed by atoms with van der Waals surface area (Å²) in [6.07, 6.45) is 1.70. The molecular formula is C16H19ClN2O2S. The van der Waals surface area contributed by atoms with Crippen LogP contribution in [0, 0.1) is 0 Å². The number of ether oxygens (including phenoxy) is 1. The van der Waals surface area contributed by atoms with Gasteiger partial charge >= 0.3 is 0 Å². The van der Waals surface area contributed by atoms with Gasteiger partial charge in [0.25, 0.3) is 5.56 Å². The van der Waals surface area contributed by atoms with E-state index < -0.39 is 0 Å². The molecule has 0 bridgehead atoms. The molecule has 0 aliphatic heterocycles. The summed E-state index contributed by atoms with van der Waals surface area (Å²) in [6.45, 7) is 4.12. The Bertz CT molecular complexity index is 671. The maximum Gasteiger partial charge on any atom is 0.273 e. The summed E-state index contributed by atoms with van der Waals surface area (Å²) in [5, 5.41) is 1.41. The zero-order chi connectivity index (χ0) is 16.1. The third-order valence-electron chi connectivity index (χ3n) is 3.25. The molecule has 0 fully saturated rings. The zero-order valence-electron chi connectivity index (χ0n) is 12.8. The number of methoxy groups -OCH3 is 1. The second-order valence-electron chi connectivity index (χ2n) is 5.14. The number of hydrogen-bond donors (Lipinski definition) is 0. The van der Waals surface area contributed by atoms with Crippen LogP contribution >= 0.6 is 23.4 Å². The second-order valence-corrected chi connectivity index (χ2v) is 6.56. The molecule has 0 aliphatic carbocycles. The van der Waals surface area contributed by atoms with Crippen molar-refractivity contribution in [3.05, 3.63) is 57.5 Å². The van der Waals surface area contributed by atoms with Gasteiger partial charge in [-0.3, -0.25) is 4.79 Å². The van der Waals surface area contributed by atoms with E-state index in [1.54, 1.807) is 13.3 Å². The Balaban J connectivity index is 2.15. The van der Waals surface area contributed by atoms with Crippen molar-refractivity contribution in [1.29, 1.82) is 0 Å². The Labute approximate surface area is 139 Å². The number of nitrogens with zero attached hydrogens (tertiary/aromatic N) is 2. The number of aromatic nitrogens is 2. The monoisotopic (exact) mass is 338 g/mol. The molecular weight excluding hydrogens is 320 g/mol. The van der Waals surface area contributed by atoms with Crippen molar-refractivity contribution in [1.82, 2.24) is 9.55 Å². The molecule has 0 amide bonds. The second kappa shape index (κ2) is 7.81. The molecule has 0 spiro atoms. The van der Waals surface area contributed by atoms with Crippen LogP contribution in [0.2, 0.25) is 5.02 Å². The molecule has 1 heterocycles. The molecule has 0 aliphatic rings. The molecule has 0 saturated heterocycles. The van der Waals surface area contributed by atoms with Gasteiger partial charge in [-0.2, -0.15) is 4.98 Å². The normalized spacial score (nSPS) is 12.6. The molecule has 4 nitrogen and oxygen atoms in total. The minimum absolute atomic E-state index is 0.0833. The highest BCUT2D eigenvalue weighted by atomic mass is 35.5. The van der Waals surface area contributed by atoms with Gasteiger partial charge in [-0.1, -0.05) is 35.5 Å². The predicted molar refractivity (Wildman–Crippen MR) is 90.8 cm³/mol. The molecule has 0 radical (unpaired) electrons. The third-order valence-corrected chi connectivity index (χ3v) is 4.53. The maximum absolute atomic E-state index is 11.5. The smallest absolute Gasteiger partial charge is 0.273 e. The molecule has 0 saturated carbocycles. The van der Waals surface area contributed by atoms with Crippen LogP contribution in [0.1, 0.15) is 31.6 Å². The van der Waals surface area contributed by atoms with Crippen LogP contribution in [-0.2, 0) is 4.74 Å². The topological polar surface area (TPSA) is 44.1 Å². The maximum atomic E-state index is 11.5. The molecule has 0 N–H and O–H groups in total. The molecule has 2 aromatic rings. The van der Waals surface area contributed by atoms with Crippen LogP contribution < -0.4 is 5.56 Å². The average molecular weight is 339 g/mol. The molecule has 2 rings (SSSR count). The standard InChI is InChI=1S/C16H19ClN2O2S/c1-11(2)19-9-8-15(20)18-16(19)22-10-14(21-3)12-4-6-13(17)7-5-12/h4-9,11,14H,10H2,1-3H3/t14-/m0/s1. The summed E-state index contributed by atoms with van der Waals surface area (Å²) < 4.78 is 7.54. The molecule has 118 valence electrons. The van der Waals surface area contributed by atoms with E-state index >= 15 is 0 Å². The lowest BCUT2D eigenvalue weighted by Crippen LogP contribution is -2.15. The first kappa shape index (κ1) is 17.1. The zero-order valence-corrected chi connectivity index (χ0v) is 14.4. The van der Waals surface area contributed by atoms with Crippen LogP contribution in [0.5, 0.6) is 0 Å². The summed E-state index contributed by atoms with van der Waals surface area (Å²) in [7, 11) is 1.67. The largest absolute Gasteiger partial charge is 0.376 e. The molecule has 22 heavy (non-hydrogen) atoms. The molecule has 0 unspecified atom stereocenters.